The van der Waals surface area contributed by atoms with E-state index in [1.165, 1.54) is 18.4 Å². The van der Waals surface area contributed by atoms with Crippen LogP contribution in [0.4, 0.5) is 0 Å². The predicted octanol–water partition coefficient (Wildman–Crippen LogP) is 3.40. The minimum atomic E-state index is -1.45. The standard InChI is InChI=1S/C33H46N4O5/c1-41-31-10-6-5-9-28(31)29(24-30(38)32(33(39)40)42-27-11-15-34-16-12-27)35-19-21-37(22-20-35)36-17-13-26(14-18-36)23-25-7-3-2-4-8-25/h2-10,26-27,29,32,34H,11-24H2,1H3,(H,39,40). The number of benzene rings is 2. The van der Waals surface area contributed by atoms with Crippen LogP contribution in [0.2, 0.25) is 0 Å². The van der Waals surface area contributed by atoms with Crippen LogP contribution in [0, 0.1) is 5.92 Å². The molecule has 3 saturated heterocycles. The maximum Gasteiger partial charge on any atom is 0.340 e. The molecule has 228 valence electrons. The van der Waals surface area contributed by atoms with Gasteiger partial charge in [0.15, 0.2) is 5.78 Å². The average molecular weight is 579 g/mol. The number of rotatable bonds is 12. The second kappa shape index (κ2) is 15.1. The number of nitrogens with zero attached hydrogens (tertiary/aromatic N) is 3. The number of para-hydroxylation sites is 1. The molecule has 5 rings (SSSR count). The Labute approximate surface area is 249 Å². The number of hydrogen-bond acceptors (Lipinski definition) is 8. The third-order valence-electron chi connectivity index (χ3n) is 9.11. The van der Waals surface area contributed by atoms with E-state index in [0.29, 0.717) is 18.6 Å². The summed E-state index contributed by atoms with van der Waals surface area (Å²) in [7, 11) is 1.64. The van der Waals surface area contributed by atoms with Gasteiger partial charge in [-0.05, 0) is 62.7 Å². The number of carbonyl (C=O) groups is 2. The van der Waals surface area contributed by atoms with Crippen molar-refractivity contribution in [2.75, 3.05) is 59.5 Å². The van der Waals surface area contributed by atoms with E-state index in [2.05, 4.69) is 50.6 Å². The minimum Gasteiger partial charge on any atom is -0.496 e. The molecule has 3 fully saturated rings. The number of carbonyl (C=O) groups excluding carboxylic acids is 1. The molecule has 2 aromatic rings. The summed E-state index contributed by atoms with van der Waals surface area (Å²) in [5.74, 6) is -0.165. The Morgan fingerprint density at radius 3 is 2.19 bits per heavy atom. The fraction of sp³-hybridized carbons (Fsp3) is 0.576. The summed E-state index contributed by atoms with van der Waals surface area (Å²) >= 11 is 0. The molecule has 9 heteroatoms. The van der Waals surface area contributed by atoms with E-state index in [-0.39, 0.29) is 24.3 Å². The highest BCUT2D eigenvalue weighted by molar-refractivity contribution is 6.01. The van der Waals surface area contributed by atoms with Gasteiger partial charge in [-0.1, -0.05) is 48.5 Å². The highest BCUT2D eigenvalue weighted by Crippen LogP contribution is 2.34. The van der Waals surface area contributed by atoms with Gasteiger partial charge in [0.05, 0.1) is 13.2 Å². The molecule has 9 nitrogen and oxygen atoms in total. The number of hydrazine groups is 1. The molecule has 3 aliphatic rings. The zero-order valence-electron chi connectivity index (χ0n) is 24.8. The Morgan fingerprint density at radius 2 is 1.52 bits per heavy atom. The van der Waals surface area contributed by atoms with Gasteiger partial charge >= 0.3 is 5.97 Å². The molecule has 42 heavy (non-hydrogen) atoms. The molecule has 3 aliphatic heterocycles. The van der Waals surface area contributed by atoms with E-state index < -0.39 is 12.1 Å². The number of hydrogen-bond donors (Lipinski definition) is 2. The lowest BCUT2D eigenvalue weighted by Gasteiger charge is -2.46. The Bertz CT molecular complexity index is 1140. The fourth-order valence-electron chi connectivity index (χ4n) is 6.73. The highest BCUT2D eigenvalue weighted by atomic mass is 16.5. The van der Waals surface area contributed by atoms with Gasteiger partial charge in [-0.2, -0.15) is 0 Å². The number of ketones is 1. The van der Waals surface area contributed by atoms with E-state index in [4.69, 9.17) is 9.47 Å². The van der Waals surface area contributed by atoms with Crippen LogP contribution in [0.5, 0.6) is 5.75 Å². The van der Waals surface area contributed by atoms with Crippen LogP contribution in [0.3, 0.4) is 0 Å². The molecule has 0 aliphatic carbocycles. The molecule has 0 saturated carbocycles. The zero-order valence-corrected chi connectivity index (χ0v) is 24.8. The van der Waals surface area contributed by atoms with E-state index >= 15 is 0 Å². The summed E-state index contributed by atoms with van der Waals surface area (Å²) in [5, 5.41) is 18.2. The van der Waals surface area contributed by atoms with Gasteiger partial charge in [-0.25, -0.2) is 14.8 Å². The van der Waals surface area contributed by atoms with Crippen molar-refractivity contribution >= 4 is 11.8 Å². The van der Waals surface area contributed by atoms with Crippen molar-refractivity contribution in [3.8, 4) is 5.75 Å². The first-order valence-corrected chi connectivity index (χ1v) is 15.5. The summed E-state index contributed by atoms with van der Waals surface area (Å²) in [6, 6.07) is 18.3. The van der Waals surface area contributed by atoms with Crippen molar-refractivity contribution in [3.63, 3.8) is 0 Å². The Morgan fingerprint density at radius 1 is 0.881 bits per heavy atom. The number of aliphatic carboxylic acids is 1. The topological polar surface area (TPSA) is 94.6 Å². The number of nitrogens with one attached hydrogen (secondary N) is 1. The monoisotopic (exact) mass is 578 g/mol. The van der Waals surface area contributed by atoms with Crippen molar-refractivity contribution in [1.29, 1.82) is 0 Å². The minimum absolute atomic E-state index is 0.0627. The van der Waals surface area contributed by atoms with Crippen LogP contribution in [0.1, 0.15) is 49.3 Å². The quantitative estimate of drug-likeness (QED) is 0.368. The van der Waals surface area contributed by atoms with Crippen molar-refractivity contribution in [2.45, 2.75) is 56.8 Å². The molecule has 2 unspecified atom stereocenters. The van der Waals surface area contributed by atoms with Crippen molar-refractivity contribution in [3.05, 3.63) is 65.7 Å². The van der Waals surface area contributed by atoms with Gasteiger partial charge in [-0.15, -0.1) is 0 Å². The highest BCUT2D eigenvalue weighted by Gasteiger charge is 2.36. The SMILES string of the molecule is COc1ccccc1C(CC(=O)C(OC1CCNCC1)C(=O)O)N1CCN(N2CCC(Cc3ccccc3)CC2)CC1. The number of piperazine rings is 1. The average Bonchev–Trinajstić information content (AvgIpc) is 3.04. The van der Waals surface area contributed by atoms with Gasteiger partial charge in [0, 0.05) is 57.3 Å². The fourth-order valence-corrected chi connectivity index (χ4v) is 6.73. The van der Waals surface area contributed by atoms with Crippen molar-refractivity contribution in [1.82, 2.24) is 20.2 Å². The lowest BCUT2D eigenvalue weighted by atomic mass is 9.90. The molecule has 2 atom stereocenters. The molecule has 0 radical (unpaired) electrons. The van der Waals surface area contributed by atoms with Crippen LogP contribution in [0.25, 0.3) is 0 Å². The normalized spacial score (nSPS) is 21.5. The molecular weight excluding hydrogens is 532 g/mol. The summed E-state index contributed by atoms with van der Waals surface area (Å²) in [6.07, 6.45) is 3.34. The largest absolute Gasteiger partial charge is 0.496 e. The van der Waals surface area contributed by atoms with E-state index in [9.17, 15) is 14.7 Å². The number of methoxy groups -OCH3 is 1. The number of Topliss-reactive ketones (excluding diaryl/α,β-unsaturated/α-hetero) is 1. The molecule has 2 aromatic carbocycles. The molecule has 0 bridgehead atoms. The second-order valence-electron chi connectivity index (χ2n) is 11.8. The first-order chi connectivity index (χ1) is 20.5. The van der Waals surface area contributed by atoms with Gasteiger partial charge in [0.25, 0.3) is 0 Å². The Kier molecular flexibility index (Phi) is 11.0. The lowest BCUT2D eigenvalue weighted by molar-refractivity contribution is -0.162. The zero-order chi connectivity index (χ0) is 29.3. The number of piperidine rings is 2. The number of carboxylic acids is 1. The maximum atomic E-state index is 13.6. The molecule has 0 aromatic heterocycles. The van der Waals surface area contributed by atoms with Crippen LogP contribution in [0.15, 0.2) is 54.6 Å². The van der Waals surface area contributed by atoms with Crippen LogP contribution < -0.4 is 10.1 Å². The van der Waals surface area contributed by atoms with Gasteiger partial charge in [0.1, 0.15) is 5.75 Å². The Balaban J connectivity index is 1.21. The van der Waals surface area contributed by atoms with Crippen molar-refractivity contribution in [2.24, 2.45) is 5.92 Å². The van der Waals surface area contributed by atoms with E-state index in [1.54, 1.807) is 7.11 Å². The predicted molar refractivity (Wildman–Crippen MR) is 161 cm³/mol. The molecule has 0 spiro atoms. The molecular formula is C33H46N4O5. The molecule has 2 N–H and O–H groups in total. The summed E-state index contributed by atoms with van der Waals surface area (Å²) in [5.41, 5.74) is 2.34. The smallest absolute Gasteiger partial charge is 0.340 e. The Hall–Kier alpha value is -2.82. The van der Waals surface area contributed by atoms with Gasteiger partial charge < -0.3 is 19.9 Å². The van der Waals surface area contributed by atoms with E-state index in [1.807, 2.05) is 24.3 Å². The maximum absolute atomic E-state index is 13.6. The summed E-state index contributed by atoms with van der Waals surface area (Å²) in [4.78, 5) is 28.0. The molecule has 3 heterocycles. The first-order valence-electron chi connectivity index (χ1n) is 15.5. The van der Waals surface area contributed by atoms with Crippen LogP contribution in [-0.2, 0) is 20.7 Å². The van der Waals surface area contributed by atoms with Crippen molar-refractivity contribution < 1.29 is 24.2 Å². The summed E-state index contributed by atoms with van der Waals surface area (Å²) in [6.45, 7) is 6.99. The number of carboxylic acid groups (broad SMARTS) is 1. The third kappa shape index (κ3) is 7.96. The number of ether oxygens (including phenoxy) is 2. The third-order valence-corrected chi connectivity index (χ3v) is 9.11. The van der Waals surface area contributed by atoms with Gasteiger partial charge in [-0.3, -0.25) is 9.69 Å². The summed E-state index contributed by atoms with van der Waals surface area (Å²) < 4.78 is 11.6. The van der Waals surface area contributed by atoms with Gasteiger partial charge in [0.2, 0.25) is 6.10 Å². The lowest BCUT2D eigenvalue weighted by Crippen LogP contribution is -2.56. The van der Waals surface area contributed by atoms with Crippen LogP contribution in [-0.4, -0.2) is 103 Å². The van der Waals surface area contributed by atoms with E-state index in [0.717, 1.165) is 70.3 Å². The molecule has 0 amide bonds. The second-order valence-corrected chi connectivity index (χ2v) is 11.8. The first kappa shape index (κ1) is 30.6. The van der Waals surface area contributed by atoms with Crippen LogP contribution >= 0.6 is 0 Å².